The lowest BCUT2D eigenvalue weighted by Crippen LogP contribution is -2.18. The highest BCUT2D eigenvalue weighted by molar-refractivity contribution is 7.61. The molecule has 0 rings (SSSR count). The van der Waals surface area contributed by atoms with Gasteiger partial charge in [0.05, 0.1) is 6.10 Å². The molecule has 13 heavy (non-hydrogen) atoms. The Bertz CT molecular complexity index is 235. The number of rotatable bonds is 5. The van der Waals surface area contributed by atoms with E-state index >= 15 is 0 Å². The van der Waals surface area contributed by atoms with E-state index in [0.717, 1.165) is 6.42 Å². The average Bonchev–Trinajstić information content (AvgIpc) is 2.03. The van der Waals surface area contributed by atoms with E-state index in [1.165, 1.54) is 4.67 Å². The standard InChI is InChI=1S/C8H17N2O2P/c1-5-6-10(4)13(11,7-9)12-8(2)3/h8H,5-6H2,1-4H3. The lowest BCUT2D eigenvalue weighted by Gasteiger charge is -2.22. The van der Waals surface area contributed by atoms with Crippen LogP contribution in [-0.2, 0) is 9.09 Å². The predicted octanol–water partition coefficient (Wildman–Crippen LogP) is 2.43. The van der Waals surface area contributed by atoms with Crippen LogP contribution in [0.5, 0.6) is 0 Å². The zero-order valence-corrected chi connectivity index (χ0v) is 9.54. The van der Waals surface area contributed by atoms with Crippen LogP contribution in [0.25, 0.3) is 0 Å². The number of nitrogens with zero attached hydrogens (tertiary/aromatic N) is 2. The van der Waals surface area contributed by atoms with Gasteiger partial charge in [0.25, 0.3) is 0 Å². The summed E-state index contributed by atoms with van der Waals surface area (Å²) >= 11 is 0. The van der Waals surface area contributed by atoms with Gasteiger partial charge in [0, 0.05) is 6.54 Å². The molecule has 0 aliphatic carbocycles. The van der Waals surface area contributed by atoms with E-state index in [9.17, 15) is 4.57 Å². The van der Waals surface area contributed by atoms with Gasteiger partial charge >= 0.3 is 7.52 Å². The van der Waals surface area contributed by atoms with E-state index in [2.05, 4.69) is 0 Å². The first-order chi connectivity index (χ1) is 5.96. The molecule has 0 spiro atoms. The van der Waals surface area contributed by atoms with Gasteiger partial charge in [-0.25, -0.2) is 4.67 Å². The third-order valence-corrected chi connectivity index (χ3v) is 3.54. The van der Waals surface area contributed by atoms with Crippen molar-refractivity contribution in [3.63, 3.8) is 0 Å². The molecule has 0 heterocycles. The van der Waals surface area contributed by atoms with Gasteiger partial charge in [-0.15, -0.1) is 0 Å². The molecule has 0 aliphatic rings. The van der Waals surface area contributed by atoms with Crippen molar-refractivity contribution >= 4 is 7.52 Å². The molecule has 0 aromatic carbocycles. The maximum absolute atomic E-state index is 11.8. The number of nitriles is 1. The summed E-state index contributed by atoms with van der Waals surface area (Å²) in [5, 5.41) is 8.75. The molecule has 0 aromatic heterocycles. The smallest absolute Gasteiger partial charge is 0.304 e. The molecule has 0 bridgehead atoms. The Morgan fingerprint density at radius 1 is 1.62 bits per heavy atom. The fraction of sp³-hybridized carbons (Fsp3) is 0.875. The summed E-state index contributed by atoms with van der Waals surface area (Å²) < 4.78 is 18.4. The Kier molecular flexibility index (Phi) is 5.24. The number of hydrogen-bond donors (Lipinski definition) is 0. The molecule has 1 atom stereocenters. The Morgan fingerprint density at radius 3 is 2.46 bits per heavy atom. The third-order valence-electron chi connectivity index (χ3n) is 1.48. The van der Waals surface area contributed by atoms with Crippen molar-refractivity contribution in [3.8, 4) is 5.81 Å². The molecule has 5 heteroatoms. The average molecular weight is 204 g/mol. The highest BCUT2D eigenvalue weighted by Crippen LogP contribution is 2.49. The summed E-state index contributed by atoms with van der Waals surface area (Å²) in [4.78, 5) is 0. The molecule has 0 saturated heterocycles. The minimum absolute atomic E-state index is 0.190. The van der Waals surface area contributed by atoms with E-state index in [4.69, 9.17) is 9.79 Å². The van der Waals surface area contributed by atoms with Gasteiger partial charge in [0.1, 0.15) is 0 Å². The summed E-state index contributed by atoms with van der Waals surface area (Å²) in [6, 6.07) is 0. The second-order valence-corrected chi connectivity index (χ2v) is 5.29. The third kappa shape index (κ3) is 3.91. The Balaban J connectivity index is 4.46. The van der Waals surface area contributed by atoms with Crippen LogP contribution in [-0.4, -0.2) is 24.4 Å². The van der Waals surface area contributed by atoms with Crippen LogP contribution < -0.4 is 0 Å². The molecule has 0 amide bonds. The number of hydrogen-bond acceptors (Lipinski definition) is 3. The van der Waals surface area contributed by atoms with E-state index in [1.54, 1.807) is 26.7 Å². The molecule has 0 aliphatic heterocycles. The van der Waals surface area contributed by atoms with Gasteiger partial charge in [-0.05, 0) is 27.3 Å². The minimum Gasteiger partial charge on any atom is -0.304 e. The van der Waals surface area contributed by atoms with Crippen LogP contribution in [0.1, 0.15) is 27.2 Å². The summed E-state index contributed by atoms with van der Waals surface area (Å²) in [6.45, 7) is 6.11. The highest BCUT2D eigenvalue weighted by atomic mass is 31.2. The quantitative estimate of drug-likeness (QED) is 0.645. The molecule has 0 fully saturated rings. The van der Waals surface area contributed by atoms with E-state index in [1.807, 2.05) is 6.92 Å². The van der Waals surface area contributed by atoms with Gasteiger partial charge in [-0.2, -0.15) is 5.26 Å². The largest absolute Gasteiger partial charge is 0.371 e. The van der Waals surface area contributed by atoms with E-state index in [-0.39, 0.29) is 6.10 Å². The molecule has 0 saturated carbocycles. The van der Waals surface area contributed by atoms with Gasteiger partial charge in [0.15, 0.2) is 5.81 Å². The molecule has 0 N–H and O–H groups in total. The molecular weight excluding hydrogens is 187 g/mol. The monoisotopic (exact) mass is 204 g/mol. The lowest BCUT2D eigenvalue weighted by atomic mass is 10.5. The first kappa shape index (κ1) is 12.6. The normalized spacial score (nSPS) is 15.8. The van der Waals surface area contributed by atoms with Crippen molar-refractivity contribution in [2.24, 2.45) is 0 Å². The zero-order chi connectivity index (χ0) is 10.5. The van der Waals surface area contributed by atoms with Crippen LogP contribution in [0.15, 0.2) is 0 Å². The molecule has 1 unspecified atom stereocenters. The van der Waals surface area contributed by atoms with Crippen LogP contribution in [0.4, 0.5) is 0 Å². The maximum Gasteiger partial charge on any atom is 0.371 e. The lowest BCUT2D eigenvalue weighted by molar-refractivity contribution is 0.222. The Morgan fingerprint density at radius 2 is 2.15 bits per heavy atom. The SMILES string of the molecule is CCCN(C)P(=O)(C#N)OC(C)C. The predicted molar refractivity (Wildman–Crippen MR) is 52.4 cm³/mol. The van der Waals surface area contributed by atoms with Gasteiger partial charge in [-0.1, -0.05) is 6.92 Å². The molecule has 4 nitrogen and oxygen atoms in total. The minimum atomic E-state index is -3.23. The van der Waals surface area contributed by atoms with Crippen molar-refractivity contribution < 1.29 is 9.09 Å². The highest BCUT2D eigenvalue weighted by Gasteiger charge is 2.29. The van der Waals surface area contributed by atoms with Crippen molar-refractivity contribution in [3.05, 3.63) is 0 Å². The summed E-state index contributed by atoms with van der Waals surface area (Å²) in [7, 11) is -1.58. The maximum atomic E-state index is 11.8. The fourth-order valence-corrected chi connectivity index (χ4v) is 2.32. The van der Waals surface area contributed by atoms with Crippen molar-refractivity contribution in [2.75, 3.05) is 13.6 Å². The first-order valence-corrected chi connectivity index (χ1v) is 5.95. The summed E-state index contributed by atoms with van der Waals surface area (Å²) in [5.74, 6) is 1.75. The molecular formula is C8H17N2O2P. The van der Waals surface area contributed by atoms with Crippen LogP contribution in [0, 0.1) is 11.1 Å². The summed E-state index contributed by atoms with van der Waals surface area (Å²) in [5.41, 5.74) is 0. The van der Waals surface area contributed by atoms with Crippen molar-refractivity contribution in [1.82, 2.24) is 4.67 Å². The topological polar surface area (TPSA) is 53.3 Å². The van der Waals surface area contributed by atoms with Gasteiger partial charge < -0.3 is 4.52 Å². The first-order valence-electron chi connectivity index (χ1n) is 4.37. The second-order valence-electron chi connectivity index (χ2n) is 3.16. The van der Waals surface area contributed by atoms with Gasteiger partial charge in [-0.3, -0.25) is 4.57 Å². The Hall–Kier alpha value is -0.360. The van der Waals surface area contributed by atoms with Crippen LogP contribution in [0.3, 0.4) is 0 Å². The van der Waals surface area contributed by atoms with Crippen LogP contribution >= 0.6 is 7.52 Å². The van der Waals surface area contributed by atoms with Crippen molar-refractivity contribution in [1.29, 1.82) is 5.26 Å². The van der Waals surface area contributed by atoms with E-state index < -0.39 is 7.52 Å². The summed E-state index contributed by atoms with van der Waals surface area (Å²) in [6.07, 6.45) is 0.661. The van der Waals surface area contributed by atoms with Crippen LogP contribution in [0.2, 0.25) is 0 Å². The van der Waals surface area contributed by atoms with Crippen molar-refractivity contribution in [2.45, 2.75) is 33.3 Å². The fourth-order valence-electron chi connectivity index (χ4n) is 0.921. The second kappa shape index (κ2) is 5.39. The van der Waals surface area contributed by atoms with E-state index in [0.29, 0.717) is 6.54 Å². The molecule has 0 radical (unpaired) electrons. The molecule has 0 aromatic rings. The Labute approximate surface area is 80.0 Å². The van der Waals surface area contributed by atoms with Gasteiger partial charge in [0.2, 0.25) is 0 Å². The molecule has 76 valence electrons. The zero-order valence-electron chi connectivity index (χ0n) is 8.65.